The van der Waals surface area contributed by atoms with E-state index in [1.54, 1.807) is 30.3 Å². The molecule has 0 aliphatic heterocycles. The van der Waals surface area contributed by atoms with Crippen LogP contribution in [-0.4, -0.2) is 0 Å². The first-order valence-corrected chi connectivity index (χ1v) is 5.30. The van der Waals surface area contributed by atoms with Gasteiger partial charge in [-0.15, -0.1) is 0 Å². The average Bonchev–Trinajstić information content (AvgIpc) is 2.34. The lowest BCUT2D eigenvalue weighted by Crippen LogP contribution is -1.93. The predicted molar refractivity (Wildman–Crippen MR) is 67.1 cm³/mol. The first kappa shape index (κ1) is 11.3. The molecule has 2 aromatic rings. The Balaban J connectivity index is 2.37. The Morgan fingerprint density at radius 3 is 2.59 bits per heavy atom. The fraction of sp³-hybridized carbons (Fsp3) is 0. The van der Waals surface area contributed by atoms with Crippen LogP contribution in [-0.2, 0) is 0 Å². The van der Waals surface area contributed by atoms with Crippen LogP contribution in [0.25, 0.3) is 0 Å². The van der Waals surface area contributed by atoms with E-state index in [9.17, 15) is 0 Å². The number of rotatable bonds is 2. The molecule has 0 aliphatic rings. The molecule has 0 aliphatic carbocycles. The molecule has 0 radical (unpaired) electrons. The van der Waals surface area contributed by atoms with Crippen LogP contribution >= 0.6 is 11.6 Å². The van der Waals surface area contributed by atoms with Crippen molar-refractivity contribution in [3.8, 4) is 17.6 Å². The van der Waals surface area contributed by atoms with E-state index in [-0.39, 0.29) is 0 Å². The first-order chi connectivity index (χ1) is 8.20. The number of anilines is 1. The molecule has 0 heterocycles. The van der Waals surface area contributed by atoms with Crippen molar-refractivity contribution in [1.82, 2.24) is 0 Å². The largest absolute Gasteiger partial charge is 0.454 e. The van der Waals surface area contributed by atoms with E-state index < -0.39 is 0 Å². The number of nitriles is 1. The third kappa shape index (κ3) is 2.49. The lowest BCUT2D eigenvalue weighted by Gasteiger charge is -2.09. The average molecular weight is 245 g/mol. The highest BCUT2D eigenvalue weighted by molar-refractivity contribution is 6.30. The second kappa shape index (κ2) is 4.77. The monoisotopic (exact) mass is 244 g/mol. The Hall–Kier alpha value is -2.18. The quantitative estimate of drug-likeness (QED) is 0.822. The van der Waals surface area contributed by atoms with E-state index in [1.165, 1.54) is 0 Å². The van der Waals surface area contributed by atoms with Crippen LogP contribution < -0.4 is 10.5 Å². The zero-order valence-electron chi connectivity index (χ0n) is 8.85. The summed E-state index contributed by atoms with van der Waals surface area (Å²) < 4.78 is 5.58. The third-order valence-electron chi connectivity index (χ3n) is 2.20. The Bertz CT molecular complexity index is 590. The standard InChI is InChI=1S/C13H9ClN2O/c14-10-5-6-12(9(7-10)8-15)17-13-4-2-1-3-11(13)16/h1-7H,16H2. The maximum absolute atomic E-state index is 8.97. The highest BCUT2D eigenvalue weighted by atomic mass is 35.5. The number of ether oxygens (including phenoxy) is 1. The molecule has 0 fully saturated rings. The summed E-state index contributed by atoms with van der Waals surface area (Å²) in [5.74, 6) is 0.959. The Labute approximate surface area is 104 Å². The van der Waals surface area contributed by atoms with Gasteiger partial charge in [0.1, 0.15) is 17.6 Å². The minimum Gasteiger partial charge on any atom is -0.454 e. The van der Waals surface area contributed by atoms with Gasteiger partial charge >= 0.3 is 0 Å². The summed E-state index contributed by atoms with van der Waals surface area (Å²) in [7, 11) is 0. The van der Waals surface area contributed by atoms with Gasteiger partial charge in [-0.2, -0.15) is 5.26 Å². The highest BCUT2D eigenvalue weighted by Gasteiger charge is 2.07. The molecule has 0 amide bonds. The molecule has 0 aromatic heterocycles. The molecule has 0 saturated heterocycles. The van der Waals surface area contributed by atoms with E-state index in [2.05, 4.69) is 0 Å². The van der Waals surface area contributed by atoms with Gasteiger partial charge in [-0.05, 0) is 30.3 Å². The molecule has 0 spiro atoms. The SMILES string of the molecule is N#Cc1cc(Cl)ccc1Oc1ccccc1N. The van der Waals surface area contributed by atoms with Crippen molar-refractivity contribution < 1.29 is 4.74 Å². The zero-order valence-corrected chi connectivity index (χ0v) is 9.61. The molecule has 4 heteroatoms. The van der Waals surface area contributed by atoms with Gasteiger partial charge < -0.3 is 10.5 Å². The molecule has 3 nitrogen and oxygen atoms in total. The topological polar surface area (TPSA) is 59.0 Å². The lowest BCUT2D eigenvalue weighted by molar-refractivity contribution is 0.483. The third-order valence-corrected chi connectivity index (χ3v) is 2.44. The van der Waals surface area contributed by atoms with Crippen LogP contribution in [0.5, 0.6) is 11.5 Å². The summed E-state index contributed by atoms with van der Waals surface area (Å²) in [6, 6.07) is 14.0. The number of nitrogen functional groups attached to an aromatic ring is 1. The summed E-state index contributed by atoms with van der Waals surface area (Å²) in [5, 5.41) is 9.47. The van der Waals surface area contributed by atoms with Crippen LogP contribution in [0.15, 0.2) is 42.5 Å². The van der Waals surface area contributed by atoms with E-state index >= 15 is 0 Å². The summed E-state index contributed by atoms with van der Waals surface area (Å²) in [5.41, 5.74) is 6.65. The van der Waals surface area contributed by atoms with Crippen molar-refractivity contribution in [1.29, 1.82) is 5.26 Å². The number of nitrogens with zero attached hydrogens (tertiary/aromatic N) is 1. The number of nitrogens with two attached hydrogens (primary N) is 1. The van der Waals surface area contributed by atoms with Gasteiger partial charge in [-0.3, -0.25) is 0 Å². The molecule has 17 heavy (non-hydrogen) atoms. The second-order valence-corrected chi connectivity index (χ2v) is 3.83. The van der Waals surface area contributed by atoms with E-state index in [1.807, 2.05) is 18.2 Å². The predicted octanol–water partition coefficient (Wildman–Crippen LogP) is 3.59. The Morgan fingerprint density at radius 1 is 1.12 bits per heavy atom. The lowest BCUT2D eigenvalue weighted by atomic mass is 10.2. The van der Waals surface area contributed by atoms with Crippen molar-refractivity contribution in [3.63, 3.8) is 0 Å². The highest BCUT2D eigenvalue weighted by Crippen LogP contribution is 2.30. The van der Waals surface area contributed by atoms with Gasteiger partial charge in [0, 0.05) is 5.02 Å². The van der Waals surface area contributed by atoms with Crippen molar-refractivity contribution in [2.45, 2.75) is 0 Å². The molecular weight excluding hydrogens is 236 g/mol. The summed E-state index contributed by atoms with van der Waals surface area (Å²) >= 11 is 5.80. The molecule has 2 rings (SSSR count). The number of hydrogen-bond donors (Lipinski definition) is 1. The summed E-state index contributed by atoms with van der Waals surface area (Å²) in [6.45, 7) is 0. The summed E-state index contributed by atoms with van der Waals surface area (Å²) in [4.78, 5) is 0. The van der Waals surface area contributed by atoms with Crippen molar-refractivity contribution in [2.24, 2.45) is 0 Å². The van der Waals surface area contributed by atoms with Gasteiger partial charge in [-0.1, -0.05) is 23.7 Å². The molecule has 0 unspecified atom stereocenters. The molecule has 0 bridgehead atoms. The first-order valence-electron chi connectivity index (χ1n) is 4.92. The van der Waals surface area contributed by atoms with Crippen LogP contribution in [0.1, 0.15) is 5.56 Å². The number of hydrogen-bond acceptors (Lipinski definition) is 3. The molecular formula is C13H9ClN2O. The van der Waals surface area contributed by atoms with Gasteiger partial charge in [0.25, 0.3) is 0 Å². The minimum atomic E-state index is 0.376. The Kier molecular flexibility index (Phi) is 3.17. The molecule has 2 aromatic carbocycles. The Morgan fingerprint density at radius 2 is 1.88 bits per heavy atom. The van der Waals surface area contributed by atoms with Gasteiger partial charge in [0.2, 0.25) is 0 Å². The van der Waals surface area contributed by atoms with E-state index in [4.69, 9.17) is 27.3 Å². The minimum absolute atomic E-state index is 0.376. The van der Waals surface area contributed by atoms with Crippen molar-refractivity contribution in [3.05, 3.63) is 53.1 Å². The van der Waals surface area contributed by atoms with Crippen LogP contribution in [0, 0.1) is 11.3 Å². The van der Waals surface area contributed by atoms with Gasteiger partial charge in [0.15, 0.2) is 0 Å². The second-order valence-electron chi connectivity index (χ2n) is 3.39. The zero-order chi connectivity index (χ0) is 12.3. The molecule has 84 valence electrons. The van der Waals surface area contributed by atoms with Crippen molar-refractivity contribution in [2.75, 3.05) is 5.73 Å². The van der Waals surface area contributed by atoms with Gasteiger partial charge in [-0.25, -0.2) is 0 Å². The molecule has 0 saturated carbocycles. The molecule has 2 N–H and O–H groups in total. The van der Waals surface area contributed by atoms with E-state index in [0.29, 0.717) is 27.8 Å². The maximum atomic E-state index is 8.97. The molecule has 0 atom stereocenters. The van der Waals surface area contributed by atoms with Crippen LogP contribution in [0.4, 0.5) is 5.69 Å². The normalized spacial score (nSPS) is 9.65. The maximum Gasteiger partial charge on any atom is 0.150 e. The van der Waals surface area contributed by atoms with Crippen LogP contribution in [0.2, 0.25) is 5.02 Å². The summed E-state index contributed by atoms with van der Waals surface area (Å²) in [6.07, 6.45) is 0. The van der Waals surface area contributed by atoms with Crippen LogP contribution in [0.3, 0.4) is 0 Å². The van der Waals surface area contributed by atoms with Gasteiger partial charge in [0.05, 0.1) is 11.3 Å². The fourth-order valence-corrected chi connectivity index (χ4v) is 1.54. The van der Waals surface area contributed by atoms with Crippen molar-refractivity contribution >= 4 is 17.3 Å². The fourth-order valence-electron chi connectivity index (χ4n) is 1.37. The number of benzene rings is 2. The number of para-hydroxylation sites is 2. The smallest absolute Gasteiger partial charge is 0.150 e. The van der Waals surface area contributed by atoms with E-state index in [0.717, 1.165) is 0 Å². The number of halogens is 1.